The van der Waals surface area contributed by atoms with Crippen LogP contribution in [0.3, 0.4) is 0 Å². The lowest BCUT2D eigenvalue weighted by Crippen LogP contribution is -2.57. The molecule has 0 aromatic carbocycles. The summed E-state index contributed by atoms with van der Waals surface area (Å²) in [4.78, 5) is 35.4. The summed E-state index contributed by atoms with van der Waals surface area (Å²) in [6.45, 7) is 50.8. The van der Waals surface area contributed by atoms with Crippen LogP contribution in [0.15, 0.2) is 12.2 Å². The van der Waals surface area contributed by atoms with Crippen molar-refractivity contribution in [3.05, 3.63) is 12.2 Å². The first-order valence-corrected chi connectivity index (χ1v) is 32.7. The van der Waals surface area contributed by atoms with Gasteiger partial charge in [-0.15, -0.1) is 0 Å². The van der Waals surface area contributed by atoms with E-state index >= 15 is 4.79 Å². The molecule has 0 spiro atoms. The molecule has 9 nitrogen and oxygen atoms in total. The summed E-state index contributed by atoms with van der Waals surface area (Å²) in [5.74, 6) is -1.72. The van der Waals surface area contributed by atoms with E-state index in [1.807, 2.05) is 6.92 Å². The quantitative estimate of drug-likeness (QED) is 0.0517. The van der Waals surface area contributed by atoms with Crippen LogP contribution < -0.4 is 0 Å². The summed E-state index contributed by atoms with van der Waals surface area (Å²) < 4.78 is 35.5. The van der Waals surface area contributed by atoms with Crippen molar-refractivity contribution in [3.63, 3.8) is 0 Å². The first kappa shape index (κ1) is 53.5. The average Bonchev–Trinajstić information content (AvgIpc) is 3.70. The molecular weight excluding hydrogens is 771 g/mol. The molecular formula is C43H89NO8Si4. The van der Waals surface area contributed by atoms with Gasteiger partial charge in [-0.25, -0.2) is 5.06 Å². The minimum absolute atomic E-state index is 0.0353. The van der Waals surface area contributed by atoms with Crippen molar-refractivity contribution in [2.75, 3.05) is 27.4 Å². The lowest BCUT2D eigenvalue weighted by molar-refractivity contribution is -0.171. The Balaban J connectivity index is 4.32. The maximum absolute atomic E-state index is 16.1. The van der Waals surface area contributed by atoms with Gasteiger partial charge in [0.1, 0.15) is 11.4 Å². The van der Waals surface area contributed by atoms with Crippen molar-refractivity contribution < 1.29 is 36.9 Å². The average molecular weight is 861 g/mol. The molecule has 1 heterocycles. The van der Waals surface area contributed by atoms with Crippen LogP contribution in [0.2, 0.25) is 72.5 Å². The molecule has 0 N–H and O–H groups in total. The second kappa shape index (κ2) is 18.6. The molecule has 1 saturated heterocycles. The van der Waals surface area contributed by atoms with Gasteiger partial charge in [-0.3, -0.25) is 14.4 Å². The van der Waals surface area contributed by atoms with Gasteiger partial charge < -0.3 is 22.4 Å². The second-order valence-electron chi connectivity index (χ2n) is 22.9. The lowest BCUT2D eigenvalue weighted by atomic mass is 9.79. The Morgan fingerprint density at radius 1 is 0.714 bits per heavy atom. The van der Waals surface area contributed by atoms with Crippen LogP contribution in [0, 0.1) is 17.8 Å². The molecule has 0 aromatic heterocycles. The summed E-state index contributed by atoms with van der Waals surface area (Å²) in [7, 11) is -6.72. The van der Waals surface area contributed by atoms with Crippen LogP contribution in [0.1, 0.15) is 110 Å². The molecule has 13 heteroatoms. The van der Waals surface area contributed by atoms with Crippen LogP contribution in [-0.2, 0) is 36.9 Å². The second-order valence-corrected chi connectivity index (χ2v) is 42.0. The highest BCUT2D eigenvalue weighted by Gasteiger charge is 2.65. The number of hydrogen-bond acceptors (Lipinski definition) is 8. The monoisotopic (exact) mass is 860 g/mol. The third-order valence-electron chi connectivity index (χ3n) is 14.3. The van der Waals surface area contributed by atoms with Crippen molar-refractivity contribution in [1.29, 1.82) is 0 Å². The number of rotatable bonds is 20. The van der Waals surface area contributed by atoms with E-state index < -0.39 is 62.9 Å². The fourth-order valence-electron chi connectivity index (χ4n) is 5.81. The van der Waals surface area contributed by atoms with Crippen molar-refractivity contribution >= 4 is 45.0 Å². The van der Waals surface area contributed by atoms with E-state index in [4.69, 9.17) is 27.3 Å². The van der Waals surface area contributed by atoms with Gasteiger partial charge in [0.05, 0.1) is 43.7 Å². The molecule has 0 unspecified atom stereocenters. The molecule has 7 atom stereocenters. The SMILES string of the molecule is C/C=C\[C@H](C)[C@H]1O[C@]1(C)[C@@H](O[Si](C)(C)C(C)(C)C)[C@@H](CO[Si](C)(C)C(C)(C)C)C(=O)[C@@H](CO[Si](C)(C)C(C)(C)C)[C@@H](CC(=O)N(C)OC)O[Si](C)(C)C(C)(C)C. The predicted octanol–water partition coefficient (Wildman–Crippen LogP) is 11.4. The molecule has 1 aliphatic rings. The zero-order valence-electron chi connectivity index (χ0n) is 41.0. The highest BCUT2D eigenvalue weighted by molar-refractivity contribution is 6.75. The Morgan fingerprint density at radius 3 is 1.48 bits per heavy atom. The normalized spacial score (nSPS) is 22.1. The van der Waals surface area contributed by atoms with Crippen molar-refractivity contribution in [3.8, 4) is 0 Å². The molecule has 0 aliphatic carbocycles. The van der Waals surface area contributed by atoms with Crippen molar-refractivity contribution in [1.82, 2.24) is 5.06 Å². The van der Waals surface area contributed by atoms with Crippen molar-refractivity contribution in [2.24, 2.45) is 17.8 Å². The first-order chi connectivity index (χ1) is 24.7. The summed E-state index contributed by atoms with van der Waals surface area (Å²) in [5, 5.41) is 0.721. The molecule has 1 rings (SSSR count). The van der Waals surface area contributed by atoms with E-state index in [9.17, 15) is 4.79 Å². The molecule has 0 aromatic rings. The number of hydrogen-bond donors (Lipinski definition) is 0. The molecule has 1 fully saturated rings. The van der Waals surface area contributed by atoms with Gasteiger partial charge in [-0.1, -0.05) is 102 Å². The van der Waals surface area contributed by atoms with Gasteiger partial charge in [0, 0.05) is 26.2 Å². The van der Waals surface area contributed by atoms with E-state index in [1.165, 1.54) is 12.2 Å². The van der Waals surface area contributed by atoms with Gasteiger partial charge in [0.15, 0.2) is 33.3 Å². The van der Waals surface area contributed by atoms with Crippen molar-refractivity contribution in [2.45, 2.75) is 207 Å². The topological polar surface area (TPSA) is 96.1 Å². The lowest BCUT2D eigenvalue weighted by Gasteiger charge is -2.46. The zero-order valence-corrected chi connectivity index (χ0v) is 45.0. The van der Waals surface area contributed by atoms with Gasteiger partial charge in [-0.05, 0) is 86.4 Å². The molecule has 1 aliphatic heterocycles. The van der Waals surface area contributed by atoms with Gasteiger partial charge in [0.25, 0.3) is 0 Å². The van der Waals surface area contributed by atoms with E-state index in [2.05, 4.69) is 161 Å². The summed E-state index contributed by atoms with van der Waals surface area (Å²) >= 11 is 0. The Kier molecular flexibility index (Phi) is 17.8. The maximum Gasteiger partial charge on any atom is 0.248 e. The molecule has 56 heavy (non-hydrogen) atoms. The van der Waals surface area contributed by atoms with Crippen LogP contribution in [0.5, 0.6) is 0 Å². The number of epoxide rings is 1. The summed E-state index contributed by atoms with van der Waals surface area (Å²) in [5.41, 5.74) is -0.752. The maximum atomic E-state index is 16.1. The van der Waals surface area contributed by atoms with E-state index in [0.29, 0.717) is 0 Å². The highest BCUT2D eigenvalue weighted by Crippen LogP contribution is 2.52. The number of nitrogens with zero attached hydrogens (tertiary/aromatic N) is 1. The number of ether oxygens (including phenoxy) is 1. The molecule has 0 saturated carbocycles. The molecule has 0 radical (unpaired) electrons. The summed E-state index contributed by atoms with van der Waals surface area (Å²) in [6.07, 6.45) is 2.67. The number of carbonyl (C=O) groups excluding carboxylic acids is 2. The fourth-order valence-corrected chi connectivity index (χ4v) is 10.6. The smallest absolute Gasteiger partial charge is 0.248 e. The minimum atomic E-state index is -2.55. The van der Waals surface area contributed by atoms with Gasteiger partial charge in [0.2, 0.25) is 5.91 Å². The number of carbonyl (C=O) groups is 2. The minimum Gasteiger partial charge on any atom is -0.416 e. The number of hydroxylamine groups is 2. The number of allylic oxidation sites excluding steroid dienone is 1. The fraction of sp³-hybridized carbons (Fsp3) is 0.907. The number of ketones is 1. The van der Waals surface area contributed by atoms with Crippen LogP contribution >= 0.6 is 0 Å². The Labute approximate surface area is 349 Å². The summed E-state index contributed by atoms with van der Waals surface area (Å²) in [6, 6.07) is 0. The third kappa shape index (κ3) is 13.3. The number of amides is 1. The molecule has 330 valence electrons. The third-order valence-corrected chi connectivity index (χ3v) is 32.3. The Hall–Kier alpha value is -0.492. The van der Waals surface area contributed by atoms with Gasteiger partial charge >= 0.3 is 0 Å². The van der Waals surface area contributed by atoms with E-state index in [-0.39, 0.29) is 63.5 Å². The first-order valence-electron chi connectivity index (χ1n) is 21.0. The van der Waals surface area contributed by atoms with E-state index in [1.54, 1.807) is 7.05 Å². The van der Waals surface area contributed by atoms with Crippen LogP contribution in [0.25, 0.3) is 0 Å². The largest absolute Gasteiger partial charge is 0.416 e. The van der Waals surface area contributed by atoms with Crippen LogP contribution in [-0.4, -0.2) is 101 Å². The molecule has 0 bridgehead atoms. The Morgan fingerprint density at radius 2 is 1.11 bits per heavy atom. The number of Topliss-reactive ketones (excluding diaryl/α,β-unsaturated/α-hetero) is 1. The highest BCUT2D eigenvalue weighted by atomic mass is 28.4. The predicted molar refractivity (Wildman–Crippen MR) is 244 cm³/mol. The van der Waals surface area contributed by atoms with E-state index in [0.717, 1.165) is 0 Å². The van der Waals surface area contributed by atoms with Gasteiger partial charge in [-0.2, -0.15) is 0 Å². The van der Waals surface area contributed by atoms with Crippen LogP contribution in [0.4, 0.5) is 0 Å². The Bertz CT molecular complexity index is 1340. The molecule has 1 amide bonds. The standard InChI is InChI=1S/C43H89NO8Si4/c1-26-27-31(2)37-43(15,50-37)38(52-56(24,25)42(12,13)14)33(30-49-54(20,21)40(6,7)8)36(46)32(29-48-53(18,19)39(3,4)5)34(28-35(45)44(16)47-17)51-55(22,23)41(9,10)11/h26-27,31-34,37-38H,28-30H2,1-25H3/b27-26-/t31-,32-,33-,34+,37+,38-,43-/m0/s1. The zero-order chi connectivity index (χ0) is 44.5.